The van der Waals surface area contributed by atoms with Gasteiger partial charge in [0.1, 0.15) is 5.76 Å². The molecule has 1 rings (SSSR count). The van der Waals surface area contributed by atoms with E-state index in [1.165, 1.54) is 0 Å². The van der Waals surface area contributed by atoms with Gasteiger partial charge in [-0.2, -0.15) is 21.6 Å². The molecule has 1 aliphatic rings. The van der Waals surface area contributed by atoms with E-state index in [2.05, 4.69) is 4.18 Å². The SMILES string of the molecule is CC1(C)CCC(OS(=O)(=O)C(F)(F)F)=C(C(=O)[O-])C1. The first-order valence-corrected chi connectivity index (χ1v) is 6.71. The van der Waals surface area contributed by atoms with Crippen LogP contribution in [0, 0.1) is 5.41 Å². The van der Waals surface area contributed by atoms with Crippen molar-refractivity contribution < 1.29 is 35.7 Å². The Morgan fingerprint density at radius 2 is 1.89 bits per heavy atom. The summed E-state index contributed by atoms with van der Waals surface area (Å²) in [5.74, 6) is -2.42. The highest BCUT2D eigenvalue weighted by molar-refractivity contribution is 7.87. The number of carbonyl (C=O) groups excluding carboxylic acids is 1. The maximum atomic E-state index is 12.2. The molecular formula is C10H12F3O5S-. The molecule has 0 saturated carbocycles. The highest BCUT2D eigenvalue weighted by Crippen LogP contribution is 2.40. The molecule has 1 aliphatic carbocycles. The van der Waals surface area contributed by atoms with E-state index in [4.69, 9.17) is 0 Å². The molecule has 0 aliphatic heterocycles. The molecule has 0 atom stereocenters. The monoisotopic (exact) mass is 301 g/mol. The van der Waals surface area contributed by atoms with Crippen molar-refractivity contribution in [3.05, 3.63) is 11.3 Å². The van der Waals surface area contributed by atoms with Gasteiger partial charge in [-0.3, -0.25) is 0 Å². The van der Waals surface area contributed by atoms with E-state index >= 15 is 0 Å². The van der Waals surface area contributed by atoms with Crippen molar-refractivity contribution in [2.24, 2.45) is 5.41 Å². The summed E-state index contributed by atoms with van der Waals surface area (Å²) in [4.78, 5) is 10.9. The van der Waals surface area contributed by atoms with Crippen LogP contribution < -0.4 is 5.11 Å². The van der Waals surface area contributed by atoms with Crippen LogP contribution in [-0.4, -0.2) is 19.9 Å². The first-order chi connectivity index (χ1) is 8.36. The molecule has 0 aromatic carbocycles. The van der Waals surface area contributed by atoms with E-state index in [1.807, 2.05) is 0 Å². The average Bonchev–Trinajstić information content (AvgIpc) is 2.18. The molecule has 0 N–H and O–H groups in total. The maximum Gasteiger partial charge on any atom is 0.534 e. The number of halogens is 3. The normalized spacial score (nSPS) is 20.3. The van der Waals surface area contributed by atoms with Gasteiger partial charge in [-0.1, -0.05) is 13.8 Å². The zero-order chi connectivity index (χ0) is 15.1. The van der Waals surface area contributed by atoms with Gasteiger partial charge in [0.25, 0.3) is 0 Å². The summed E-state index contributed by atoms with van der Waals surface area (Å²) in [6.45, 7) is 3.43. The van der Waals surface area contributed by atoms with Gasteiger partial charge in [0.2, 0.25) is 0 Å². The summed E-state index contributed by atoms with van der Waals surface area (Å²) in [5.41, 5.74) is -6.60. The van der Waals surface area contributed by atoms with Crippen molar-refractivity contribution >= 4 is 16.1 Å². The standard InChI is InChI=1S/C10H13F3O5S/c1-9(2)4-3-7(6(5-9)8(14)15)18-19(16,17)10(11,12)13/h3-5H2,1-2H3,(H,14,15)/p-1. The molecule has 0 saturated heterocycles. The van der Waals surface area contributed by atoms with E-state index < -0.39 is 38.3 Å². The fourth-order valence-electron chi connectivity index (χ4n) is 1.73. The lowest BCUT2D eigenvalue weighted by Crippen LogP contribution is -2.34. The van der Waals surface area contributed by atoms with Crippen molar-refractivity contribution in [1.82, 2.24) is 0 Å². The Morgan fingerprint density at radius 1 is 1.37 bits per heavy atom. The van der Waals surface area contributed by atoms with Crippen molar-refractivity contribution in [2.45, 2.75) is 38.6 Å². The number of carboxylic acid groups (broad SMARTS) is 1. The summed E-state index contributed by atoms with van der Waals surface area (Å²) in [6, 6.07) is 0. The predicted octanol–water partition coefficient (Wildman–Crippen LogP) is 1.07. The van der Waals surface area contributed by atoms with Crippen LogP contribution in [0.1, 0.15) is 33.1 Å². The Labute approximate surface area is 108 Å². The Balaban J connectivity index is 3.14. The maximum absolute atomic E-state index is 12.2. The van der Waals surface area contributed by atoms with Crippen LogP contribution in [0.4, 0.5) is 13.2 Å². The van der Waals surface area contributed by atoms with Crippen LogP contribution in [0.5, 0.6) is 0 Å². The lowest BCUT2D eigenvalue weighted by molar-refractivity contribution is -0.300. The number of rotatable bonds is 3. The minimum atomic E-state index is -5.85. The first-order valence-electron chi connectivity index (χ1n) is 5.30. The third-order valence-corrected chi connectivity index (χ3v) is 3.75. The quantitative estimate of drug-likeness (QED) is 0.575. The number of aliphatic carboxylic acids is 1. The van der Waals surface area contributed by atoms with Crippen LogP contribution in [0.25, 0.3) is 0 Å². The minimum absolute atomic E-state index is 0.113. The molecule has 0 aromatic rings. The number of alkyl halides is 3. The molecule has 0 unspecified atom stereocenters. The number of allylic oxidation sites excluding steroid dienone is 1. The van der Waals surface area contributed by atoms with Gasteiger partial charge >= 0.3 is 15.6 Å². The number of hydrogen-bond donors (Lipinski definition) is 0. The second-order valence-corrected chi connectivity index (χ2v) is 6.55. The summed E-state index contributed by atoms with van der Waals surface area (Å²) >= 11 is 0. The lowest BCUT2D eigenvalue weighted by atomic mass is 9.76. The topological polar surface area (TPSA) is 83.5 Å². The predicted molar refractivity (Wildman–Crippen MR) is 55.7 cm³/mol. The second kappa shape index (κ2) is 4.69. The zero-order valence-corrected chi connectivity index (χ0v) is 11.0. The zero-order valence-electron chi connectivity index (χ0n) is 10.2. The van der Waals surface area contributed by atoms with Gasteiger partial charge in [0.15, 0.2) is 0 Å². The van der Waals surface area contributed by atoms with Crippen molar-refractivity contribution in [2.75, 3.05) is 0 Å². The van der Waals surface area contributed by atoms with Gasteiger partial charge in [-0.25, -0.2) is 0 Å². The number of carbonyl (C=O) groups is 1. The molecule has 19 heavy (non-hydrogen) atoms. The molecule has 110 valence electrons. The van der Waals surface area contributed by atoms with Crippen LogP contribution >= 0.6 is 0 Å². The van der Waals surface area contributed by atoms with Gasteiger partial charge in [-0.15, -0.1) is 0 Å². The van der Waals surface area contributed by atoms with E-state index in [0.717, 1.165) is 0 Å². The molecule has 0 aromatic heterocycles. The second-order valence-electron chi connectivity index (χ2n) is 5.01. The largest absolute Gasteiger partial charge is 0.545 e. The van der Waals surface area contributed by atoms with Gasteiger partial charge in [-0.05, 0) is 18.3 Å². The average molecular weight is 301 g/mol. The summed E-state index contributed by atoms with van der Waals surface area (Å²) in [6.07, 6.45) is -0.00381. The Morgan fingerprint density at radius 3 is 2.32 bits per heavy atom. The minimum Gasteiger partial charge on any atom is -0.545 e. The fourth-order valence-corrected chi connectivity index (χ4v) is 2.27. The molecular weight excluding hydrogens is 289 g/mol. The van der Waals surface area contributed by atoms with E-state index in [9.17, 15) is 31.5 Å². The van der Waals surface area contributed by atoms with Crippen LogP contribution in [0.15, 0.2) is 11.3 Å². The number of carboxylic acids is 1. The third-order valence-electron chi connectivity index (χ3n) is 2.76. The van der Waals surface area contributed by atoms with Gasteiger partial charge in [0, 0.05) is 12.0 Å². The third kappa shape index (κ3) is 3.62. The highest BCUT2D eigenvalue weighted by atomic mass is 32.2. The van der Waals surface area contributed by atoms with E-state index in [0.29, 0.717) is 6.42 Å². The summed E-state index contributed by atoms with van der Waals surface area (Å²) in [5, 5.41) is 10.9. The van der Waals surface area contributed by atoms with Crippen molar-refractivity contribution in [3.63, 3.8) is 0 Å². The fraction of sp³-hybridized carbons (Fsp3) is 0.700. The summed E-state index contributed by atoms with van der Waals surface area (Å²) in [7, 11) is -5.85. The molecule has 0 radical (unpaired) electrons. The molecule has 0 amide bonds. The molecule has 9 heteroatoms. The highest BCUT2D eigenvalue weighted by Gasteiger charge is 2.49. The van der Waals surface area contributed by atoms with Crippen molar-refractivity contribution in [3.8, 4) is 0 Å². The molecule has 0 bridgehead atoms. The van der Waals surface area contributed by atoms with E-state index in [1.54, 1.807) is 13.8 Å². The molecule has 5 nitrogen and oxygen atoms in total. The van der Waals surface area contributed by atoms with Gasteiger partial charge in [0.05, 0.1) is 5.97 Å². The number of hydrogen-bond acceptors (Lipinski definition) is 5. The molecule has 0 heterocycles. The molecule has 0 spiro atoms. The first kappa shape index (κ1) is 15.8. The van der Waals surface area contributed by atoms with Crippen LogP contribution in [-0.2, 0) is 19.1 Å². The smallest absolute Gasteiger partial charge is 0.534 e. The van der Waals surface area contributed by atoms with Crippen LogP contribution in [0.3, 0.4) is 0 Å². The van der Waals surface area contributed by atoms with Crippen molar-refractivity contribution in [1.29, 1.82) is 0 Å². The Bertz CT molecular complexity index is 516. The Kier molecular flexibility index (Phi) is 3.91. The Hall–Kier alpha value is -1.25. The van der Waals surface area contributed by atoms with E-state index in [-0.39, 0.29) is 12.8 Å². The molecule has 0 fully saturated rings. The van der Waals surface area contributed by atoms with Crippen LogP contribution in [0.2, 0.25) is 0 Å². The summed E-state index contributed by atoms with van der Waals surface area (Å²) < 4.78 is 62.1. The lowest BCUT2D eigenvalue weighted by Gasteiger charge is -2.32. The van der Waals surface area contributed by atoms with Gasteiger partial charge < -0.3 is 14.1 Å².